The SMILES string of the molecule is O=C(CN1CCN(c2nccs2)CC1)NCc1ccccc1OC(F)(F)F. The van der Waals surface area contributed by atoms with Gasteiger partial charge in [-0.3, -0.25) is 9.69 Å². The third-order valence-corrected chi connectivity index (χ3v) is 4.94. The van der Waals surface area contributed by atoms with Gasteiger partial charge in [-0.15, -0.1) is 24.5 Å². The Kier molecular flexibility index (Phi) is 6.17. The van der Waals surface area contributed by atoms with Gasteiger partial charge in [0.2, 0.25) is 5.91 Å². The van der Waals surface area contributed by atoms with E-state index in [1.807, 2.05) is 10.3 Å². The fraction of sp³-hybridized carbons (Fsp3) is 0.412. The van der Waals surface area contributed by atoms with Gasteiger partial charge < -0.3 is 15.0 Å². The number of rotatable bonds is 6. The number of anilines is 1. The van der Waals surface area contributed by atoms with Crippen LogP contribution < -0.4 is 15.0 Å². The molecule has 0 unspecified atom stereocenters. The van der Waals surface area contributed by atoms with E-state index in [-0.39, 0.29) is 30.3 Å². The van der Waals surface area contributed by atoms with Crippen LogP contribution in [0.2, 0.25) is 0 Å². The van der Waals surface area contributed by atoms with Gasteiger partial charge in [0.25, 0.3) is 0 Å². The molecule has 0 atom stereocenters. The molecular formula is C17H19F3N4O2S. The Balaban J connectivity index is 1.45. The summed E-state index contributed by atoms with van der Waals surface area (Å²) in [6, 6.07) is 5.78. The van der Waals surface area contributed by atoms with E-state index in [9.17, 15) is 18.0 Å². The van der Waals surface area contributed by atoms with Crippen LogP contribution in [0.1, 0.15) is 5.56 Å². The molecule has 2 heterocycles. The number of para-hydroxylation sites is 1. The summed E-state index contributed by atoms with van der Waals surface area (Å²) in [5.41, 5.74) is 0.275. The van der Waals surface area contributed by atoms with Crippen LogP contribution in [0.3, 0.4) is 0 Å². The minimum absolute atomic E-state index is 0.0236. The van der Waals surface area contributed by atoms with Crippen molar-refractivity contribution in [2.75, 3.05) is 37.6 Å². The molecule has 0 spiro atoms. The number of carbonyl (C=O) groups is 1. The molecule has 1 aromatic heterocycles. The summed E-state index contributed by atoms with van der Waals surface area (Å²) in [6.45, 7) is 3.19. The average Bonchev–Trinajstić information content (AvgIpc) is 3.15. The van der Waals surface area contributed by atoms with Gasteiger partial charge in [-0.2, -0.15) is 0 Å². The van der Waals surface area contributed by atoms with Gasteiger partial charge in [0.15, 0.2) is 5.13 Å². The number of hydrogen-bond acceptors (Lipinski definition) is 6. The van der Waals surface area contributed by atoms with E-state index < -0.39 is 6.36 Å². The van der Waals surface area contributed by atoms with Gasteiger partial charge in [-0.05, 0) is 6.07 Å². The number of nitrogens with one attached hydrogen (secondary N) is 1. The first-order valence-electron chi connectivity index (χ1n) is 8.38. The van der Waals surface area contributed by atoms with Crippen LogP contribution in [0.25, 0.3) is 0 Å². The standard InChI is InChI=1S/C17H19F3N4O2S/c18-17(19,20)26-14-4-2-1-3-13(14)11-22-15(25)12-23-6-8-24(9-7-23)16-21-5-10-27-16/h1-5,10H,6-9,11-12H2,(H,22,25). The van der Waals surface area contributed by atoms with E-state index in [2.05, 4.69) is 19.9 Å². The van der Waals surface area contributed by atoms with E-state index in [1.165, 1.54) is 18.2 Å². The van der Waals surface area contributed by atoms with Gasteiger partial charge in [-0.25, -0.2) is 4.98 Å². The topological polar surface area (TPSA) is 57.7 Å². The Bertz CT molecular complexity index is 747. The molecule has 0 aliphatic carbocycles. The fourth-order valence-corrected chi connectivity index (χ4v) is 3.49. The predicted molar refractivity (Wildman–Crippen MR) is 95.7 cm³/mol. The van der Waals surface area contributed by atoms with Crippen molar-refractivity contribution in [1.82, 2.24) is 15.2 Å². The van der Waals surface area contributed by atoms with Gasteiger partial charge in [-0.1, -0.05) is 18.2 Å². The fourth-order valence-electron chi connectivity index (χ4n) is 2.80. The van der Waals surface area contributed by atoms with E-state index in [4.69, 9.17) is 0 Å². The molecule has 1 fully saturated rings. The first kappa shape index (κ1) is 19.4. The van der Waals surface area contributed by atoms with Crippen molar-refractivity contribution in [3.05, 3.63) is 41.4 Å². The second-order valence-corrected chi connectivity index (χ2v) is 6.88. The summed E-state index contributed by atoms with van der Waals surface area (Å²) in [7, 11) is 0. The number of ether oxygens (including phenoxy) is 1. The molecule has 0 saturated carbocycles. The molecule has 0 bridgehead atoms. The first-order chi connectivity index (χ1) is 12.9. The maximum atomic E-state index is 12.4. The number of piperazine rings is 1. The lowest BCUT2D eigenvalue weighted by Crippen LogP contribution is -2.49. The van der Waals surface area contributed by atoms with Crippen molar-refractivity contribution in [1.29, 1.82) is 0 Å². The normalized spacial score (nSPS) is 15.6. The average molecular weight is 400 g/mol. The lowest BCUT2D eigenvalue weighted by atomic mass is 10.2. The van der Waals surface area contributed by atoms with Crippen LogP contribution in [0.4, 0.5) is 18.3 Å². The number of thiazole rings is 1. The van der Waals surface area contributed by atoms with Crippen LogP contribution in [0, 0.1) is 0 Å². The predicted octanol–water partition coefficient (Wildman–Crippen LogP) is 2.48. The smallest absolute Gasteiger partial charge is 0.405 e. The van der Waals surface area contributed by atoms with E-state index >= 15 is 0 Å². The number of aromatic nitrogens is 1. The third-order valence-electron chi connectivity index (χ3n) is 4.10. The van der Waals surface area contributed by atoms with Crippen molar-refractivity contribution in [3.8, 4) is 5.75 Å². The molecule has 6 nitrogen and oxygen atoms in total. The zero-order valence-corrected chi connectivity index (χ0v) is 15.2. The molecule has 1 amide bonds. The minimum Gasteiger partial charge on any atom is -0.405 e. The molecule has 146 valence electrons. The number of alkyl halides is 3. The number of halogens is 3. The zero-order chi connectivity index (χ0) is 19.3. The van der Waals surface area contributed by atoms with Crippen LogP contribution >= 0.6 is 11.3 Å². The Hall–Kier alpha value is -2.33. The molecule has 1 aliphatic heterocycles. The molecule has 1 aliphatic rings. The van der Waals surface area contributed by atoms with E-state index in [0.717, 1.165) is 31.3 Å². The maximum Gasteiger partial charge on any atom is 0.573 e. The van der Waals surface area contributed by atoms with Crippen molar-refractivity contribution in [3.63, 3.8) is 0 Å². The molecule has 0 radical (unpaired) electrons. The van der Waals surface area contributed by atoms with Gasteiger partial charge in [0.05, 0.1) is 6.54 Å². The minimum atomic E-state index is -4.77. The monoisotopic (exact) mass is 400 g/mol. The number of benzene rings is 1. The van der Waals surface area contributed by atoms with E-state index in [0.29, 0.717) is 0 Å². The second-order valence-electron chi connectivity index (χ2n) is 6.01. The molecule has 27 heavy (non-hydrogen) atoms. The highest BCUT2D eigenvalue weighted by Crippen LogP contribution is 2.26. The van der Waals surface area contributed by atoms with E-state index in [1.54, 1.807) is 23.6 Å². The number of hydrogen-bond donors (Lipinski definition) is 1. The second kappa shape index (κ2) is 8.57. The van der Waals surface area contributed by atoms with Gasteiger partial charge >= 0.3 is 6.36 Å². The lowest BCUT2D eigenvalue weighted by Gasteiger charge is -2.34. The summed E-state index contributed by atoms with van der Waals surface area (Å²) in [6.07, 6.45) is -3.00. The molecule has 1 aromatic carbocycles. The summed E-state index contributed by atoms with van der Waals surface area (Å²) in [5, 5.41) is 5.56. The van der Waals surface area contributed by atoms with Crippen LogP contribution in [0.5, 0.6) is 5.75 Å². The van der Waals surface area contributed by atoms with Crippen LogP contribution in [-0.2, 0) is 11.3 Å². The Morgan fingerprint density at radius 2 is 1.96 bits per heavy atom. The summed E-state index contributed by atoms with van der Waals surface area (Å²) in [4.78, 5) is 20.6. The molecule has 3 rings (SSSR count). The molecule has 1 saturated heterocycles. The highest BCUT2D eigenvalue weighted by molar-refractivity contribution is 7.13. The lowest BCUT2D eigenvalue weighted by molar-refractivity contribution is -0.274. The molecule has 2 aromatic rings. The quantitative estimate of drug-likeness (QED) is 0.808. The number of carbonyl (C=O) groups excluding carboxylic acids is 1. The highest BCUT2D eigenvalue weighted by Gasteiger charge is 2.32. The van der Waals surface area contributed by atoms with Crippen LogP contribution in [0.15, 0.2) is 35.8 Å². The first-order valence-corrected chi connectivity index (χ1v) is 9.26. The van der Waals surface area contributed by atoms with Crippen LogP contribution in [-0.4, -0.2) is 54.9 Å². The Morgan fingerprint density at radius 1 is 1.22 bits per heavy atom. The summed E-state index contributed by atoms with van der Waals surface area (Å²) in [5.74, 6) is -0.540. The third kappa shape index (κ3) is 5.83. The Labute approximate surface area is 158 Å². The number of nitrogens with zero attached hydrogens (tertiary/aromatic N) is 3. The summed E-state index contributed by atoms with van der Waals surface area (Å²) < 4.78 is 41.3. The van der Waals surface area contributed by atoms with Crippen molar-refractivity contribution in [2.45, 2.75) is 12.9 Å². The zero-order valence-electron chi connectivity index (χ0n) is 14.4. The maximum absolute atomic E-state index is 12.4. The highest BCUT2D eigenvalue weighted by atomic mass is 32.1. The van der Waals surface area contributed by atoms with Crippen molar-refractivity contribution >= 4 is 22.4 Å². The Morgan fingerprint density at radius 3 is 2.63 bits per heavy atom. The molecule has 10 heteroatoms. The summed E-state index contributed by atoms with van der Waals surface area (Å²) >= 11 is 1.58. The van der Waals surface area contributed by atoms with Gasteiger partial charge in [0, 0.05) is 49.9 Å². The number of amides is 1. The van der Waals surface area contributed by atoms with Crippen molar-refractivity contribution < 1.29 is 22.7 Å². The molecular weight excluding hydrogens is 381 g/mol. The molecule has 1 N–H and O–H groups in total. The van der Waals surface area contributed by atoms with Crippen molar-refractivity contribution in [2.24, 2.45) is 0 Å². The largest absolute Gasteiger partial charge is 0.573 e. The van der Waals surface area contributed by atoms with Gasteiger partial charge in [0.1, 0.15) is 5.75 Å².